The largest absolute Gasteiger partial charge is 0.332 e. The van der Waals surface area contributed by atoms with Crippen molar-refractivity contribution in [3.8, 4) is 0 Å². The molecule has 6 nitrogen and oxygen atoms in total. The molecule has 3 rings (SSSR count). The van der Waals surface area contributed by atoms with Crippen LogP contribution < -0.4 is 5.48 Å². The number of aliphatic imine (C=N–C) groups is 1. The Labute approximate surface area is 173 Å². The van der Waals surface area contributed by atoms with Crippen LogP contribution in [0.1, 0.15) is 5.56 Å². The fraction of sp³-hybridized carbons (Fsp3) is 0.222. The summed E-state index contributed by atoms with van der Waals surface area (Å²) in [5.74, 6) is -2.40. The molecule has 11 heteroatoms. The van der Waals surface area contributed by atoms with Gasteiger partial charge in [0, 0.05) is 17.9 Å². The van der Waals surface area contributed by atoms with Gasteiger partial charge in [0.25, 0.3) is 0 Å². The summed E-state index contributed by atoms with van der Waals surface area (Å²) in [4.78, 5) is 13.2. The number of benzene rings is 2. The Morgan fingerprint density at radius 1 is 1.28 bits per heavy atom. The van der Waals surface area contributed by atoms with Crippen LogP contribution in [0.4, 0.5) is 18.9 Å². The highest BCUT2D eigenvalue weighted by atomic mass is 35.5. The van der Waals surface area contributed by atoms with E-state index in [1.54, 1.807) is 0 Å². The highest BCUT2D eigenvalue weighted by molar-refractivity contribution is 7.99. The molecule has 0 bridgehead atoms. The number of aromatic amines is 1. The van der Waals surface area contributed by atoms with Gasteiger partial charge in [0.1, 0.15) is 11.3 Å². The molecule has 3 aromatic rings. The molecule has 0 unspecified atom stereocenters. The van der Waals surface area contributed by atoms with Gasteiger partial charge in [0.2, 0.25) is 0 Å². The first-order valence-corrected chi connectivity index (χ1v) is 9.76. The van der Waals surface area contributed by atoms with E-state index in [1.807, 2.05) is 24.5 Å². The number of amidine groups is 1. The summed E-state index contributed by atoms with van der Waals surface area (Å²) in [6.07, 6.45) is 0. The van der Waals surface area contributed by atoms with Gasteiger partial charge in [0.05, 0.1) is 16.2 Å². The Balaban J connectivity index is 2.06. The zero-order valence-corrected chi connectivity index (χ0v) is 17.0. The van der Waals surface area contributed by atoms with E-state index in [-0.39, 0.29) is 33.1 Å². The summed E-state index contributed by atoms with van der Waals surface area (Å²) >= 11 is 7.09. The van der Waals surface area contributed by atoms with E-state index in [0.29, 0.717) is 10.9 Å². The second-order valence-corrected chi connectivity index (χ2v) is 7.80. The molecule has 0 fully saturated rings. The van der Waals surface area contributed by atoms with Crippen LogP contribution in [-0.4, -0.2) is 52.3 Å². The maximum Gasteiger partial charge on any atom is 0.186 e. The summed E-state index contributed by atoms with van der Waals surface area (Å²) in [6.45, 7) is 0.766. The molecule has 0 saturated heterocycles. The molecule has 0 aliphatic rings. The van der Waals surface area contributed by atoms with E-state index in [2.05, 4.69) is 15.0 Å². The first kappa shape index (κ1) is 21.4. The normalized spacial score (nSPS) is 12.2. The summed E-state index contributed by atoms with van der Waals surface area (Å²) in [5, 5.41) is 9.78. The minimum absolute atomic E-state index is 0.0498. The first-order chi connectivity index (χ1) is 13.8. The number of fused-ring (bicyclic) bond motifs is 1. The quantitative estimate of drug-likeness (QED) is 0.228. The molecule has 0 spiro atoms. The van der Waals surface area contributed by atoms with E-state index in [1.165, 1.54) is 23.9 Å². The van der Waals surface area contributed by atoms with Crippen molar-refractivity contribution in [2.75, 3.05) is 26.4 Å². The number of rotatable bonds is 6. The summed E-state index contributed by atoms with van der Waals surface area (Å²) in [7, 11) is 3.84. The van der Waals surface area contributed by atoms with Crippen LogP contribution >= 0.6 is 23.4 Å². The highest BCUT2D eigenvalue weighted by Crippen LogP contribution is 2.28. The van der Waals surface area contributed by atoms with Crippen LogP contribution in [0.25, 0.3) is 11.0 Å². The summed E-state index contributed by atoms with van der Waals surface area (Å²) in [5.41, 5.74) is 2.06. The van der Waals surface area contributed by atoms with Gasteiger partial charge in [-0.3, -0.25) is 10.7 Å². The predicted octanol–water partition coefficient (Wildman–Crippen LogP) is 4.34. The zero-order chi connectivity index (χ0) is 21.1. The van der Waals surface area contributed by atoms with Gasteiger partial charge in [-0.2, -0.15) is 0 Å². The van der Waals surface area contributed by atoms with Crippen molar-refractivity contribution in [2.45, 2.75) is 5.16 Å². The second-order valence-electron chi connectivity index (χ2n) is 6.31. The molecule has 3 N–H and O–H groups in total. The van der Waals surface area contributed by atoms with Crippen molar-refractivity contribution in [1.29, 1.82) is 0 Å². The molecule has 2 aromatic carbocycles. The third-order valence-corrected chi connectivity index (χ3v) is 5.07. The Kier molecular flexibility index (Phi) is 6.68. The Hall–Kier alpha value is -2.27. The van der Waals surface area contributed by atoms with Gasteiger partial charge in [-0.25, -0.2) is 23.1 Å². The minimum Gasteiger partial charge on any atom is -0.332 e. The summed E-state index contributed by atoms with van der Waals surface area (Å²) in [6, 6.07) is 4.55. The molecule has 29 heavy (non-hydrogen) atoms. The van der Waals surface area contributed by atoms with Gasteiger partial charge in [-0.15, -0.1) is 0 Å². The van der Waals surface area contributed by atoms with Gasteiger partial charge in [0.15, 0.2) is 22.6 Å². The number of halogens is 4. The van der Waals surface area contributed by atoms with Gasteiger partial charge < -0.3 is 9.88 Å². The van der Waals surface area contributed by atoms with Crippen molar-refractivity contribution >= 4 is 45.9 Å². The Morgan fingerprint density at radius 2 is 2.03 bits per heavy atom. The van der Waals surface area contributed by atoms with Gasteiger partial charge in [-0.1, -0.05) is 23.4 Å². The number of thioether (sulfide) groups is 1. The molecule has 0 atom stereocenters. The SMILES string of the molecule is CN(C)CCSc1nc2c(F)c(F)cc(C(=Nc3ccc(F)c(Cl)c3)NO)c2[nH]1. The predicted molar refractivity (Wildman–Crippen MR) is 108 cm³/mol. The van der Waals surface area contributed by atoms with Crippen LogP contribution in [0.2, 0.25) is 5.02 Å². The fourth-order valence-corrected chi connectivity index (χ4v) is 3.64. The lowest BCUT2D eigenvalue weighted by atomic mass is 10.1. The topological polar surface area (TPSA) is 76.5 Å². The van der Waals surface area contributed by atoms with Crippen LogP contribution in [0.3, 0.4) is 0 Å². The maximum absolute atomic E-state index is 14.3. The minimum atomic E-state index is -1.15. The molecule has 154 valence electrons. The van der Waals surface area contributed by atoms with Crippen molar-refractivity contribution in [2.24, 2.45) is 4.99 Å². The van der Waals surface area contributed by atoms with Crippen LogP contribution in [0.15, 0.2) is 34.4 Å². The Bertz CT molecular complexity index is 1070. The number of H-pyrrole nitrogens is 1. The third kappa shape index (κ3) is 4.84. The van der Waals surface area contributed by atoms with Crippen LogP contribution in [-0.2, 0) is 0 Å². The number of imidazole rings is 1. The lowest BCUT2D eigenvalue weighted by Gasteiger charge is -2.08. The lowest BCUT2D eigenvalue weighted by molar-refractivity contribution is 0.235. The first-order valence-electron chi connectivity index (χ1n) is 8.39. The number of nitrogens with zero attached hydrogens (tertiary/aromatic N) is 3. The standard InChI is InChI=1S/C18H17ClF3N5OS/c1-27(2)5-6-29-18-24-15-10(8-13(21)14(22)16(15)25-18)17(26-28)23-9-3-4-12(20)11(19)7-9/h3-4,7-8,28H,5-6H2,1-2H3,(H,23,26)(H,24,25). The van der Waals surface area contributed by atoms with Gasteiger partial charge in [-0.05, 0) is 38.4 Å². The molecular formula is C18H17ClF3N5OS. The maximum atomic E-state index is 14.3. The van der Waals surface area contributed by atoms with Crippen molar-refractivity contribution in [3.63, 3.8) is 0 Å². The molecule has 0 saturated carbocycles. The molecule has 1 heterocycles. The monoisotopic (exact) mass is 443 g/mol. The molecule has 1 aromatic heterocycles. The number of hydroxylamine groups is 1. The summed E-state index contributed by atoms with van der Waals surface area (Å²) < 4.78 is 41.8. The number of aromatic nitrogens is 2. The molecule has 0 amide bonds. The number of hydrogen-bond donors (Lipinski definition) is 3. The smallest absolute Gasteiger partial charge is 0.186 e. The van der Waals surface area contributed by atoms with Crippen molar-refractivity contribution < 1.29 is 18.4 Å². The second kappa shape index (κ2) is 9.04. The number of hydrogen-bond acceptors (Lipinski definition) is 5. The lowest BCUT2D eigenvalue weighted by Crippen LogP contribution is -2.21. The molecular weight excluding hydrogens is 427 g/mol. The van der Waals surface area contributed by atoms with E-state index in [9.17, 15) is 18.4 Å². The van der Waals surface area contributed by atoms with Gasteiger partial charge >= 0.3 is 0 Å². The number of nitrogens with one attached hydrogen (secondary N) is 2. The average molecular weight is 444 g/mol. The van der Waals surface area contributed by atoms with E-state index in [0.717, 1.165) is 18.7 Å². The van der Waals surface area contributed by atoms with E-state index < -0.39 is 17.5 Å². The highest BCUT2D eigenvalue weighted by Gasteiger charge is 2.20. The Morgan fingerprint density at radius 3 is 2.69 bits per heavy atom. The van der Waals surface area contributed by atoms with E-state index in [4.69, 9.17) is 11.6 Å². The van der Waals surface area contributed by atoms with Crippen molar-refractivity contribution in [1.82, 2.24) is 20.3 Å². The zero-order valence-electron chi connectivity index (χ0n) is 15.4. The van der Waals surface area contributed by atoms with E-state index >= 15 is 0 Å². The van der Waals surface area contributed by atoms with Crippen LogP contribution in [0.5, 0.6) is 0 Å². The fourth-order valence-electron chi connectivity index (χ4n) is 2.49. The van der Waals surface area contributed by atoms with Crippen LogP contribution in [0, 0.1) is 17.5 Å². The van der Waals surface area contributed by atoms with Crippen molar-refractivity contribution in [3.05, 3.63) is 52.3 Å². The third-order valence-electron chi connectivity index (χ3n) is 3.92. The molecule has 0 aliphatic carbocycles. The molecule has 0 aliphatic heterocycles. The molecule has 0 radical (unpaired) electrons. The average Bonchev–Trinajstić information content (AvgIpc) is 3.10.